The zero-order chi connectivity index (χ0) is 17.3. The molecule has 3 rings (SSSR count). The molecule has 4 nitrogen and oxygen atoms in total. The highest BCUT2D eigenvalue weighted by molar-refractivity contribution is 7.89. The molecule has 0 N–H and O–H groups in total. The lowest BCUT2D eigenvalue weighted by molar-refractivity contribution is 0.287. The Morgan fingerprint density at radius 2 is 1.88 bits per heavy atom. The highest BCUT2D eigenvalue weighted by Crippen LogP contribution is 2.25. The lowest BCUT2D eigenvalue weighted by Gasteiger charge is -2.29. The molecule has 1 aliphatic heterocycles. The number of aryl methyl sites for hydroxylation is 1. The van der Waals surface area contributed by atoms with Gasteiger partial charge in [-0.2, -0.15) is 4.31 Å². The second-order valence-electron chi connectivity index (χ2n) is 6.41. The molecular formula is C18H21FN2O2S. The van der Waals surface area contributed by atoms with Crippen LogP contribution in [0.15, 0.2) is 41.4 Å². The summed E-state index contributed by atoms with van der Waals surface area (Å²) in [4.78, 5) is 4.28. The van der Waals surface area contributed by atoms with Gasteiger partial charge < -0.3 is 0 Å². The molecule has 128 valence electrons. The Balaban J connectivity index is 1.93. The fraction of sp³-hybridized carbons (Fsp3) is 0.389. The second kappa shape index (κ2) is 6.61. The minimum Gasteiger partial charge on any atom is -0.235 e. The van der Waals surface area contributed by atoms with E-state index in [9.17, 15) is 12.8 Å². The molecule has 1 aromatic heterocycles. The van der Waals surface area contributed by atoms with Gasteiger partial charge in [-0.05, 0) is 49.4 Å². The molecule has 0 atom stereocenters. The zero-order valence-electron chi connectivity index (χ0n) is 13.9. The summed E-state index contributed by atoms with van der Waals surface area (Å²) in [5.41, 5.74) is 1.58. The number of halogens is 1. The topological polar surface area (TPSA) is 50.3 Å². The van der Waals surface area contributed by atoms with Crippen LogP contribution in [0.3, 0.4) is 0 Å². The molecule has 0 saturated carbocycles. The van der Waals surface area contributed by atoms with E-state index in [0.717, 1.165) is 12.8 Å². The van der Waals surface area contributed by atoms with Gasteiger partial charge in [0.2, 0.25) is 0 Å². The summed E-state index contributed by atoms with van der Waals surface area (Å²) in [6, 6.07) is 9.65. The average molecular weight is 348 g/mol. The van der Waals surface area contributed by atoms with E-state index >= 15 is 0 Å². The van der Waals surface area contributed by atoms with Crippen LogP contribution in [0.25, 0.3) is 11.3 Å². The lowest BCUT2D eigenvalue weighted by atomic mass is 10.0. The maximum atomic E-state index is 13.8. The van der Waals surface area contributed by atoms with Crippen LogP contribution in [0.1, 0.15) is 25.3 Å². The summed E-state index contributed by atoms with van der Waals surface area (Å²) < 4.78 is 40.8. The van der Waals surface area contributed by atoms with Crippen molar-refractivity contribution in [1.82, 2.24) is 9.29 Å². The molecule has 0 spiro atoms. The van der Waals surface area contributed by atoms with E-state index in [1.165, 1.54) is 16.4 Å². The Labute approximate surface area is 142 Å². The lowest BCUT2D eigenvalue weighted by Crippen LogP contribution is -2.38. The van der Waals surface area contributed by atoms with Crippen molar-refractivity contribution >= 4 is 10.0 Å². The molecule has 1 aromatic carbocycles. The van der Waals surface area contributed by atoms with E-state index in [0.29, 0.717) is 35.8 Å². The van der Waals surface area contributed by atoms with Gasteiger partial charge in [-0.1, -0.05) is 25.1 Å². The van der Waals surface area contributed by atoms with Gasteiger partial charge in [0, 0.05) is 18.7 Å². The van der Waals surface area contributed by atoms with Crippen LogP contribution in [0.4, 0.5) is 4.39 Å². The molecule has 1 fully saturated rings. The Kier molecular flexibility index (Phi) is 4.69. The van der Waals surface area contributed by atoms with Crippen LogP contribution in [-0.4, -0.2) is 30.8 Å². The van der Waals surface area contributed by atoms with Crippen molar-refractivity contribution in [3.63, 3.8) is 0 Å². The number of nitrogens with zero attached hydrogens (tertiary/aromatic N) is 2. The van der Waals surface area contributed by atoms with E-state index in [4.69, 9.17) is 0 Å². The van der Waals surface area contributed by atoms with Gasteiger partial charge in [0.1, 0.15) is 5.82 Å². The summed E-state index contributed by atoms with van der Waals surface area (Å²) in [5.74, 6) is 0.221. The van der Waals surface area contributed by atoms with Crippen LogP contribution < -0.4 is 0 Å². The van der Waals surface area contributed by atoms with Gasteiger partial charge in [-0.25, -0.2) is 17.8 Å². The molecule has 0 aliphatic carbocycles. The van der Waals surface area contributed by atoms with Gasteiger partial charge >= 0.3 is 0 Å². The highest BCUT2D eigenvalue weighted by atomic mass is 32.2. The van der Waals surface area contributed by atoms with Crippen molar-refractivity contribution in [1.29, 1.82) is 0 Å². The normalized spacial score (nSPS) is 17.1. The number of aromatic nitrogens is 1. The monoisotopic (exact) mass is 348 g/mol. The molecule has 2 heterocycles. The molecule has 0 radical (unpaired) electrons. The van der Waals surface area contributed by atoms with Crippen molar-refractivity contribution < 1.29 is 12.8 Å². The Morgan fingerprint density at radius 3 is 2.54 bits per heavy atom. The summed E-state index contributed by atoms with van der Waals surface area (Å²) in [5, 5.41) is 0.0236. The fourth-order valence-electron chi connectivity index (χ4n) is 2.83. The maximum absolute atomic E-state index is 13.8. The first-order valence-corrected chi connectivity index (χ1v) is 9.55. The number of hydrogen-bond donors (Lipinski definition) is 0. The molecule has 0 amide bonds. The van der Waals surface area contributed by atoms with Crippen LogP contribution >= 0.6 is 0 Å². The summed E-state index contributed by atoms with van der Waals surface area (Å²) in [7, 11) is -3.61. The summed E-state index contributed by atoms with van der Waals surface area (Å²) in [6.45, 7) is 4.86. The maximum Gasteiger partial charge on any atom is 0.260 e. The molecule has 1 saturated heterocycles. The smallest absolute Gasteiger partial charge is 0.235 e. The van der Waals surface area contributed by atoms with Crippen molar-refractivity contribution in [3.8, 4) is 11.3 Å². The predicted molar refractivity (Wildman–Crippen MR) is 91.5 cm³/mol. The summed E-state index contributed by atoms with van der Waals surface area (Å²) in [6.07, 6.45) is 1.73. The van der Waals surface area contributed by atoms with Crippen LogP contribution in [0, 0.1) is 18.7 Å². The van der Waals surface area contributed by atoms with E-state index in [-0.39, 0.29) is 10.8 Å². The fourth-order valence-corrected chi connectivity index (χ4v) is 4.25. The Hall–Kier alpha value is -1.79. The van der Waals surface area contributed by atoms with Gasteiger partial charge in [0.25, 0.3) is 10.0 Å². The van der Waals surface area contributed by atoms with Gasteiger partial charge in [-0.15, -0.1) is 0 Å². The number of rotatable bonds is 3. The van der Waals surface area contributed by atoms with E-state index < -0.39 is 10.0 Å². The van der Waals surface area contributed by atoms with Crippen molar-refractivity contribution in [2.45, 2.75) is 31.7 Å². The molecule has 0 unspecified atom stereocenters. The molecular weight excluding hydrogens is 327 g/mol. The molecule has 0 bridgehead atoms. The number of sulfonamides is 1. The van der Waals surface area contributed by atoms with Gasteiger partial charge in [0.15, 0.2) is 5.03 Å². The third kappa shape index (κ3) is 3.35. The SMILES string of the molecule is Cc1ccc(-c2cccc(S(=O)(=O)N3CCC(C)CC3)n2)cc1F. The number of hydrogen-bond acceptors (Lipinski definition) is 3. The van der Waals surface area contributed by atoms with E-state index in [2.05, 4.69) is 11.9 Å². The first-order chi connectivity index (χ1) is 11.4. The Bertz CT molecular complexity index is 844. The van der Waals surface area contributed by atoms with Crippen molar-refractivity contribution in [3.05, 3.63) is 47.8 Å². The second-order valence-corrected chi connectivity index (χ2v) is 8.30. The van der Waals surface area contributed by atoms with Gasteiger partial charge in [-0.3, -0.25) is 0 Å². The third-order valence-corrected chi connectivity index (χ3v) is 6.34. The molecule has 1 aliphatic rings. The minimum absolute atomic E-state index is 0.0236. The largest absolute Gasteiger partial charge is 0.260 e. The van der Waals surface area contributed by atoms with E-state index in [1.807, 2.05) is 0 Å². The quantitative estimate of drug-likeness (QED) is 0.851. The van der Waals surface area contributed by atoms with E-state index in [1.54, 1.807) is 31.2 Å². The van der Waals surface area contributed by atoms with Crippen LogP contribution in [0.2, 0.25) is 0 Å². The standard InChI is InChI=1S/C18H21FN2O2S/c1-13-8-10-21(11-9-13)24(22,23)18-5-3-4-17(20-18)15-7-6-14(2)16(19)12-15/h3-7,12-13H,8-11H2,1-2H3. The number of benzene rings is 1. The Morgan fingerprint density at radius 1 is 1.17 bits per heavy atom. The first kappa shape index (κ1) is 17.0. The minimum atomic E-state index is -3.61. The third-order valence-electron chi connectivity index (χ3n) is 4.54. The summed E-state index contributed by atoms with van der Waals surface area (Å²) >= 11 is 0. The van der Waals surface area contributed by atoms with Gasteiger partial charge in [0.05, 0.1) is 5.69 Å². The highest BCUT2D eigenvalue weighted by Gasteiger charge is 2.29. The van der Waals surface area contributed by atoms with Crippen molar-refractivity contribution in [2.24, 2.45) is 5.92 Å². The first-order valence-electron chi connectivity index (χ1n) is 8.11. The predicted octanol–water partition coefficient (Wildman–Crippen LogP) is 3.62. The number of pyridine rings is 1. The number of piperidine rings is 1. The molecule has 2 aromatic rings. The molecule has 24 heavy (non-hydrogen) atoms. The van der Waals surface area contributed by atoms with Crippen LogP contribution in [0.5, 0.6) is 0 Å². The van der Waals surface area contributed by atoms with Crippen molar-refractivity contribution in [2.75, 3.05) is 13.1 Å². The average Bonchev–Trinajstić information content (AvgIpc) is 2.58. The zero-order valence-corrected chi connectivity index (χ0v) is 14.7. The van der Waals surface area contributed by atoms with Crippen LogP contribution in [-0.2, 0) is 10.0 Å². The molecule has 6 heteroatoms.